The summed E-state index contributed by atoms with van der Waals surface area (Å²) in [6.07, 6.45) is 3.89. The van der Waals surface area contributed by atoms with E-state index in [1.165, 1.54) is 36.9 Å². The molecule has 1 aromatic carbocycles. The van der Waals surface area contributed by atoms with E-state index < -0.39 is 0 Å². The largest absolute Gasteiger partial charge is 0.375 e. The monoisotopic (exact) mass is 272 g/mol. The van der Waals surface area contributed by atoms with Crippen LogP contribution in [0.2, 0.25) is 0 Å². The van der Waals surface area contributed by atoms with Gasteiger partial charge in [0.1, 0.15) is 0 Å². The molecule has 3 aliphatic rings. The molecule has 4 atom stereocenters. The Bertz CT molecular complexity index is 490. The fourth-order valence-electron chi connectivity index (χ4n) is 4.47. The Kier molecular flexibility index (Phi) is 3.29. The van der Waals surface area contributed by atoms with Gasteiger partial charge in [0.2, 0.25) is 0 Å². The van der Waals surface area contributed by atoms with Crippen molar-refractivity contribution in [3.05, 3.63) is 35.4 Å². The molecule has 108 valence electrons. The smallest absolute Gasteiger partial charge is 0.0721 e. The Morgan fingerprint density at radius 3 is 2.95 bits per heavy atom. The molecule has 1 aliphatic carbocycles. The van der Waals surface area contributed by atoms with E-state index in [1.807, 2.05) is 0 Å². The van der Waals surface area contributed by atoms with Crippen LogP contribution in [-0.2, 0) is 11.3 Å². The average Bonchev–Trinajstić information content (AvgIpc) is 2.92. The predicted molar refractivity (Wildman–Crippen MR) is 79.2 cm³/mol. The molecule has 2 heterocycles. The van der Waals surface area contributed by atoms with Crippen molar-refractivity contribution in [3.63, 3.8) is 0 Å². The molecule has 20 heavy (non-hydrogen) atoms. The number of hydrogen-bond donors (Lipinski definition) is 1. The van der Waals surface area contributed by atoms with E-state index >= 15 is 0 Å². The lowest BCUT2D eigenvalue weighted by Crippen LogP contribution is -2.38. The third kappa shape index (κ3) is 2.09. The fraction of sp³-hybridized carbons (Fsp3) is 0.647. The Morgan fingerprint density at radius 2 is 2.05 bits per heavy atom. The van der Waals surface area contributed by atoms with Gasteiger partial charge in [0.15, 0.2) is 0 Å². The van der Waals surface area contributed by atoms with Gasteiger partial charge in [-0.05, 0) is 35.8 Å². The van der Waals surface area contributed by atoms with Crippen LogP contribution in [0.3, 0.4) is 0 Å². The molecule has 1 aromatic rings. The summed E-state index contributed by atoms with van der Waals surface area (Å²) in [6, 6.07) is 9.62. The maximum atomic E-state index is 6.35. The first-order valence-corrected chi connectivity index (χ1v) is 7.98. The fourth-order valence-corrected chi connectivity index (χ4v) is 4.47. The lowest BCUT2D eigenvalue weighted by atomic mass is 9.78. The van der Waals surface area contributed by atoms with Crippen LogP contribution in [0.4, 0.5) is 0 Å². The highest BCUT2D eigenvalue weighted by Gasteiger charge is 2.41. The maximum absolute atomic E-state index is 6.35. The summed E-state index contributed by atoms with van der Waals surface area (Å²) >= 11 is 0. The van der Waals surface area contributed by atoms with Crippen molar-refractivity contribution in [2.75, 3.05) is 19.7 Å². The third-order valence-corrected chi connectivity index (χ3v) is 5.57. The summed E-state index contributed by atoms with van der Waals surface area (Å²) in [6.45, 7) is 3.98. The van der Waals surface area contributed by atoms with Crippen LogP contribution in [0, 0.1) is 11.8 Å². The van der Waals surface area contributed by atoms with Gasteiger partial charge in [0.05, 0.1) is 19.3 Å². The van der Waals surface area contributed by atoms with E-state index in [-0.39, 0.29) is 0 Å². The molecule has 0 aromatic heterocycles. The Morgan fingerprint density at radius 1 is 1.15 bits per heavy atom. The van der Waals surface area contributed by atoms with Crippen LogP contribution >= 0.6 is 0 Å². The number of nitrogens with zero attached hydrogens (tertiary/aromatic N) is 1. The molecular weight excluding hydrogens is 248 g/mol. The number of fused-ring (bicyclic) bond motifs is 2. The first-order chi connectivity index (χ1) is 9.83. The molecule has 0 bridgehead atoms. The second-order valence-electron chi connectivity index (χ2n) is 6.70. The van der Waals surface area contributed by atoms with Gasteiger partial charge >= 0.3 is 0 Å². The topological polar surface area (TPSA) is 38.5 Å². The highest BCUT2D eigenvalue weighted by Crippen LogP contribution is 2.40. The lowest BCUT2D eigenvalue weighted by Gasteiger charge is -2.33. The summed E-state index contributed by atoms with van der Waals surface area (Å²) in [5.41, 5.74) is 9.19. The van der Waals surface area contributed by atoms with Gasteiger partial charge in [-0.15, -0.1) is 0 Å². The van der Waals surface area contributed by atoms with Gasteiger partial charge in [0, 0.05) is 19.1 Å². The average molecular weight is 272 g/mol. The molecule has 0 spiro atoms. The number of likely N-dealkylation sites (tertiary alicyclic amines) is 1. The van der Waals surface area contributed by atoms with Gasteiger partial charge in [-0.1, -0.05) is 30.7 Å². The van der Waals surface area contributed by atoms with Crippen molar-refractivity contribution in [2.45, 2.75) is 38.0 Å². The zero-order valence-corrected chi connectivity index (χ0v) is 12.0. The van der Waals surface area contributed by atoms with Crippen molar-refractivity contribution >= 4 is 0 Å². The van der Waals surface area contributed by atoms with Crippen molar-refractivity contribution in [3.8, 4) is 0 Å². The van der Waals surface area contributed by atoms with Gasteiger partial charge in [-0.25, -0.2) is 0 Å². The minimum atomic E-state index is 0.415. The van der Waals surface area contributed by atoms with Crippen molar-refractivity contribution < 1.29 is 4.74 Å². The molecule has 3 nitrogen and oxygen atoms in total. The van der Waals surface area contributed by atoms with Gasteiger partial charge in [-0.2, -0.15) is 0 Å². The highest BCUT2D eigenvalue weighted by atomic mass is 16.5. The van der Waals surface area contributed by atoms with Crippen molar-refractivity contribution in [1.29, 1.82) is 0 Å². The second-order valence-corrected chi connectivity index (χ2v) is 6.70. The van der Waals surface area contributed by atoms with E-state index in [0.29, 0.717) is 18.0 Å². The molecule has 3 heteroatoms. The minimum absolute atomic E-state index is 0.415. The van der Waals surface area contributed by atoms with Crippen molar-refractivity contribution in [1.82, 2.24) is 4.90 Å². The molecule has 4 unspecified atom stereocenters. The van der Waals surface area contributed by atoms with Crippen LogP contribution in [0.1, 0.15) is 36.4 Å². The van der Waals surface area contributed by atoms with Gasteiger partial charge < -0.3 is 10.5 Å². The van der Waals surface area contributed by atoms with Crippen LogP contribution in [0.15, 0.2) is 24.3 Å². The molecular formula is C17H24N2O. The summed E-state index contributed by atoms with van der Waals surface area (Å²) in [5.74, 6) is 1.52. The van der Waals surface area contributed by atoms with Crippen LogP contribution in [-0.4, -0.2) is 30.6 Å². The first-order valence-electron chi connectivity index (χ1n) is 7.98. The first kappa shape index (κ1) is 12.8. The zero-order valence-electron chi connectivity index (χ0n) is 12.0. The normalized spacial score (nSPS) is 37.5. The number of ether oxygens (including phenoxy) is 1. The van der Waals surface area contributed by atoms with Crippen LogP contribution in [0.25, 0.3) is 0 Å². The molecule has 2 fully saturated rings. The summed E-state index contributed by atoms with van der Waals surface area (Å²) in [4.78, 5) is 2.64. The molecule has 1 saturated heterocycles. The molecule has 4 rings (SSSR count). The number of hydrogen-bond acceptors (Lipinski definition) is 3. The predicted octanol–water partition coefficient (Wildman–Crippen LogP) is 2.32. The van der Waals surface area contributed by atoms with E-state index in [4.69, 9.17) is 10.5 Å². The minimum Gasteiger partial charge on any atom is -0.375 e. The molecule has 2 aliphatic heterocycles. The van der Waals surface area contributed by atoms with Gasteiger partial charge in [0.25, 0.3) is 0 Å². The molecule has 1 saturated carbocycles. The van der Waals surface area contributed by atoms with E-state index in [2.05, 4.69) is 29.2 Å². The Hall–Kier alpha value is -0.900. The number of nitrogens with two attached hydrogens (primary N) is 1. The van der Waals surface area contributed by atoms with E-state index in [1.54, 1.807) is 0 Å². The van der Waals surface area contributed by atoms with E-state index in [0.717, 1.165) is 25.7 Å². The summed E-state index contributed by atoms with van der Waals surface area (Å²) in [5, 5.41) is 0. The zero-order chi connectivity index (χ0) is 13.5. The molecule has 0 amide bonds. The Labute approximate surface area is 121 Å². The quantitative estimate of drug-likeness (QED) is 0.852. The lowest BCUT2D eigenvalue weighted by molar-refractivity contribution is 0.0389. The molecule has 2 N–H and O–H groups in total. The molecule has 0 radical (unpaired) electrons. The maximum Gasteiger partial charge on any atom is 0.0721 e. The number of benzene rings is 1. The second kappa shape index (κ2) is 5.14. The SMILES string of the molecule is NC1CCCC2CN(C3COCc4ccccc43)CC12. The van der Waals surface area contributed by atoms with Crippen LogP contribution < -0.4 is 5.73 Å². The Balaban J connectivity index is 1.58. The highest BCUT2D eigenvalue weighted by molar-refractivity contribution is 5.31. The standard InChI is InChI=1S/C17H24N2O/c18-16-7-3-5-12-8-19(9-15(12)16)17-11-20-10-13-4-1-2-6-14(13)17/h1-2,4,6,12,15-17H,3,5,7-11,18H2. The summed E-state index contributed by atoms with van der Waals surface area (Å²) < 4.78 is 5.83. The van der Waals surface area contributed by atoms with Crippen LogP contribution in [0.5, 0.6) is 0 Å². The van der Waals surface area contributed by atoms with Gasteiger partial charge in [-0.3, -0.25) is 4.90 Å². The van der Waals surface area contributed by atoms with E-state index in [9.17, 15) is 0 Å². The third-order valence-electron chi connectivity index (χ3n) is 5.57. The number of rotatable bonds is 1. The summed E-state index contributed by atoms with van der Waals surface area (Å²) in [7, 11) is 0. The van der Waals surface area contributed by atoms with Crippen molar-refractivity contribution in [2.24, 2.45) is 17.6 Å².